The Kier molecular flexibility index (Phi) is 4.90. The van der Waals surface area contributed by atoms with Crippen LogP contribution >= 0.6 is 0 Å². The van der Waals surface area contributed by atoms with Crippen molar-refractivity contribution in [1.82, 2.24) is 10.6 Å². The molecule has 0 fully saturated rings. The molecule has 3 nitrogen and oxygen atoms in total. The summed E-state index contributed by atoms with van der Waals surface area (Å²) < 4.78 is 0. The molecule has 0 radical (unpaired) electrons. The summed E-state index contributed by atoms with van der Waals surface area (Å²) in [5.74, 6) is 0. The quantitative estimate of drug-likeness (QED) is 0.677. The minimum absolute atomic E-state index is 0.643. The summed E-state index contributed by atoms with van der Waals surface area (Å²) in [5, 5.41) is 15.8. The van der Waals surface area contributed by atoms with Crippen molar-refractivity contribution in [3.63, 3.8) is 0 Å². The Morgan fingerprint density at radius 2 is 1.11 bits per heavy atom. The zero-order valence-electron chi connectivity index (χ0n) is 10.2. The van der Waals surface area contributed by atoms with Gasteiger partial charge in [0.2, 0.25) is 0 Å². The van der Waals surface area contributed by atoms with Crippen molar-refractivity contribution in [2.45, 2.75) is 19.4 Å². The van der Waals surface area contributed by atoms with E-state index in [1.165, 1.54) is 0 Å². The Balaban J connectivity index is 1.71. The van der Waals surface area contributed by atoms with Crippen molar-refractivity contribution < 1.29 is 5.11 Å². The number of hydrogen-bond donors (Lipinski definition) is 3. The first-order chi connectivity index (χ1) is 8.84. The van der Waals surface area contributed by atoms with Crippen molar-refractivity contribution >= 4 is 0 Å². The van der Waals surface area contributed by atoms with Gasteiger partial charge in [-0.05, 0) is 11.1 Å². The highest BCUT2D eigenvalue weighted by molar-refractivity contribution is 5.15. The van der Waals surface area contributed by atoms with Gasteiger partial charge in [0.25, 0.3) is 0 Å². The molecule has 0 aliphatic heterocycles. The van der Waals surface area contributed by atoms with Crippen LogP contribution in [0, 0.1) is 0 Å². The van der Waals surface area contributed by atoms with Crippen LogP contribution in [0.2, 0.25) is 0 Å². The first-order valence-electron chi connectivity index (χ1n) is 6.07. The van der Waals surface area contributed by atoms with Crippen LogP contribution in [0.4, 0.5) is 0 Å². The lowest BCUT2D eigenvalue weighted by Crippen LogP contribution is -2.41. The van der Waals surface area contributed by atoms with Crippen LogP contribution in [0.5, 0.6) is 0 Å². The molecule has 3 heteroatoms. The molecule has 0 spiro atoms. The van der Waals surface area contributed by atoms with Gasteiger partial charge in [-0.1, -0.05) is 60.7 Å². The van der Waals surface area contributed by atoms with Gasteiger partial charge in [0.1, 0.15) is 0 Å². The molecule has 0 heterocycles. The molecule has 2 aromatic rings. The summed E-state index contributed by atoms with van der Waals surface area (Å²) in [6.07, 6.45) is -0.703. The van der Waals surface area contributed by atoms with Gasteiger partial charge in [0, 0.05) is 13.1 Å². The second kappa shape index (κ2) is 6.91. The molecule has 0 atom stereocenters. The summed E-state index contributed by atoms with van der Waals surface area (Å²) in [6, 6.07) is 20.0. The van der Waals surface area contributed by atoms with Crippen LogP contribution in [0.25, 0.3) is 0 Å². The van der Waals surface area contributed by atoms with Crippen LogP contribution in [0.3, 0.4) is 0 Å². The summed E-state index contributed by atoms with van der Waals surface area (Å²) >= 11 is 0. The van der Waals surface area contributed by atoms with E-state index in [4.69, 9.17) is 0 Å². The van der Waals surface area contributed by atoms with Crippen LogP contribution in [0.1, 0.15) is 11.1 Å². The highest BCUT2D eigenvalue weighted by Gasteiger charge is 2.01. The van der Waals surface area contributed by atoms with E-state index >= 15 is 0 Å². The van der Waals surface area contributed by atoms with E-state index in [0.717, 1.165) is 11.1 Å². The Labute approximate surface area is 107 Å². The summed E-state index contributed by atoms with van der Waals surface area (Å²) in [4.78, 5) is 0. The zero-order valence-corrected chi connectivity index (χ0v) is 10.2. The first-order valence-corrected chi connectivity index (χ1v) is 6.07. The molecular weight excluding hydrogens is 224 g/mol. The van der Waals surface area contributed by atoms with Gasteiger partial charge < -0.3 is 5.11 Å². The van der Waals surface area contributed by atoms with Crippen molar-refractivity contribution in [2.24, 2.45) is 0 Å². The highest BCUT2D eigenvalue weighted by Crippen LogP contribution is 1.99. The fourth-order valence-corrected chi connectivity index (χ4v) is 1.69. The minimum Gasteiger partial charge on any atom is -0.365 e. The minimum atomic E-state index is -0.703. The van der Waals surface area contributed by atoms with Gasteiger partial charge in [-0.3, -0.25) is 10.6 Å². The molecule has 0 unspecified atom stereocenters. The maximum atomic E-state index is 9.75. The number of rotatable bonds is 6. The summed E-state index contributed by atoms with van der Waals surface area (Å²) in [7, 11) is 0. The summed E-state index contributed by atoms with van der Waals surface area (Å²) in [6.45, 7) is 1.29. The Hall–Kier alpha value is -1.68. The molecule has 0 aromatic heterocycles. The van der Waals surface area contributed by atoms with E-state index in [9.17, 15) is 5.11 Å². The fourth-order valence-electron chi connectivity index (χ4n) is 1.69. The third kappa shape index (κ3) is 4.30. The van der Waals surface area contributed by atoms with Crippen LogP contribution in [-0.4, -0.2) is 11.5 Å². The van der Waals surface area contributed by atoms with E-state index in [2.05, 4.69) is 10.6 Å². The van der Waals surface area contributed by atoms with Crippen molar-refractivity contribution in [3.8, 4) is 0 Å². The molecule has 18 heavy (non-hydrogen) atoms. The van der Waals surface area contributed by atoms with E-state index in [-0.39, 0.29) is 0 Å². The van der Waals surface area contributed by atoms with E-state index in [1.54, 1.807) is 0 Å². The standard InChI is InChI=1S/C15H18N2O/c18-15(16-11-13-7-3-1-4-8-13)17-12-14-9-5-2-6-10-14/h1-10,15-18H,11-12H2. The van der Waals surface area contributed by atoms with E-state index < -0.39 is 6.35 Å². The van der Waals surface area contributed by atoms with Crippen molar-refractivity contribution in [3.05, 3.63) is 71.8 Å². The maximum Gasteiger partial charge on any atom is 0.161 e. The maximum absolute atomic E-state index is 9.75. The van der Waals surface area contributed by atoms with Crippen molar-refractivity contribution in [2.75, 3.05) is 0 Å². The SMILES string of the molecule is OC(NCc1ccccc1)NCc1ccccc1. The highest BCUT2D eigenvalue weighted by atomic mass is 16.3. The lowest BCUT2D eigenvalue weighted by molar-refractivity contribution is 0.0978. The van der Waals surface area contributed by atoms with Crippen LogP contribution < -0.4 is 10.6 Å². The molecule has 2 rings (SSSR count). The van der Waals surface area contributed by atoms with Gasteiger partial charge in [0.15, 0.2) is 6.35 Å². The predicted molar refractivity (Wildman–Crippen MR) is 72.6 cm³/mol. The van der Waals surface area contributed by atoms with Crippen molar-refractivity contribution in [1.29, 1.82) is 0 Å². The molecule has 94 valence electrons. The molecule has 0 bridgehead atoms. The van der Waals surface area contributed by atoms with Gasteiger partial charge in [-0.2, -0.15) is 0 Å². The number of benzene rings is 2. The lowest BCUT2D eigenvalue weighted by Gasteiger charge is -2.14. The average molecular weight is 242 g/mol. The van der Waals surface area contributed by atoms with Gasteiger partial charge in [-0.25, -0.2) is 0 Å². The summed E-state index contributed by atoms with van der Waals surface area (Å²) in [5.41, 5.74) is 2.30. The average Bonchev–Trinajstić information content (AvgIpc) is 2.45. The number of nitrogens with one attached hydrogen (secondary N) is 2. The van der Waals surface area contributed by atoms with Gasteiger partial charge in [-0.15, -0.1) is 0 Å². The molecule has 0 saturated heterocycles. The topological polar surface area (TPSA) is 44.3 Å². The molecule has 3 N–H and O–H groups in total. The normalized spacial score (nSPS) is 10.8. The third-order valence-corrected chi connectivity index (χ3v) is 2.68. The smallest absolute Gasteiger partial charge is 0.161 e. The third-order valence-electron chi connectivity index (χ3n) is 2.68. The number of aliphatic hydroxyl groups excluding tert-OH is 1. The Bertz CT molecular complexity index is 401. The molecule has 0 saturated carbocycles. The zero-order chi connectivity index (χ0) is 12.6. The molecular formula is C15H18N2O. The number of hydrogen-bond acceptors (Lipinski definition) is 3. The fraction of sp³-hybridized carbons (Fsp3) is 0.200. The molecule has 0 amide bonds. The lowest BCUT2D eigenvalue weighted by atomic mass is 10.2. The van der Waals surface area contributed by atoms with E-state index in [0.29, 0.717) is 13.1 Å². The van der Waals surface area contributed by atoms with E-state index in [1.807, 2.05) is 60.7 Å². The second-order valence-corrected chi connectivity index (χ2v) is 4.14. The van der Waals surface area contributed by atoms with Crippen LogP contribution in [-0.2, 0) is 13.1 Å². The Morgan fingerprint density at radius 1 is 0.722 bits per heavy atom. The molecule has 2 aromatic carbocycles. The first kappa shape index (κ1) is 12.8. The van der Waals surface area contributed by atoms with Crippen LogP contribution in [0.15, 0.2) is 60.7 Å². The predicted octanol–water partition coefficient (Wildman–Crippen LogP) is 1.84. The number of aliphatic hydroxyl groups is 1. The largest absolute Gasteiger partial charge is 0.365 e. The molecule has 0 aliphatic rings. The Morgan fingerprint density at radius 3 is 1.50 bits per heavy atom. The monoisotopic (exact) mass is 242 g/mol. The van der Waals surface area contributed by atoms with Gasteiger partial charge >= 0.3 is 0 Å². The second-order valence-electron chi connectivity index (χ2n) is 4.14. The molecule has 0 aliphatic carbocycles. The van der Waals surface area contributed by atoms with Gasteiger partial charge in [0.05, 0.1) is 0 Å².